The summed E-state index contributed by atoms with van der Waals surface area (Å²) in [5.74, 6) is 0. The fraction of sp³-hybridized carbons (Fsp3) is 0.154. The molecule has 0 fully saturated rings. The molecule has 92 valence electrons. The highest BCUT2D eigenvalue weighted by Gasteiger charge is 1.97. The summed E-state index contributed by atoms with van der Waals surface area (Å²) in [5, 5.41) is 3.15. The molecule has 2 nitrogen and oxygen atoms in total. The molecule has 0 unspecified atom stereocenters. The lowest BCUT2D eigenvalue weighted by Gasteiger charge is -2.04. The number of aromatic nitrogens is 1. The number of rotatable bonds is 3. The lowest BCUT2D eigenvalue weighted by atomic mass is 10.0. The minimum absolute atomic E-state index is 0. The summed E-state index contributed by atoms with van der Waals surface area (Å²) in [6.45, 7) is 0.902. The summed E-state index contributed by atoms with van der Waals surface area (Å²) in [7, 11) is 1.96. The van der Waals surface area contributed by atoms with Crippen LogP contribution in [-0.2, 0) is 6.54 Å². The lowest BCUT2D eigenvalue weighted by Crippen LogP contribution is -2.04. The Balaban J connectivity index is 0.00000128. The standard InChI is InChI=1S/C13H14N2.2ClH/c1-14-10-11-3-2-4-13(9-11)12-5-7-15-8-6-12;;/h2-9,14H,10H2,1H3;2*1H. The molecule has 1 aromatic heterocycles. The molecule has 0 aliphatic heterocycles. The quantitative estimate of drug-likeness (QED) is 0.926. The Morgan fingerprint density at radius 1 is 1.00 bits per heavy atom. The van der Waals surface area contributed by atoms with Gasteiger partial charge in [0.05, 0.1) is 0 Å². The van der Waals surface area contributed by atoms with E-state index in [1.54, 1.807) is 0 Å². The minimum atomic E-state index is 0. The van der Waals surface area contributed by atoms with E-state index in [2.05, 4.69) is 34.6 Å². The van der Waals surface area contributed by atoms with Crippen LogP contribution in [0.2, 0.25) is 0 Å². The Labute approximate surface area is 114 Å². The first-order valence-electron chi connectivity index (χ1n) is 5.04. The predicted octanol–water partition coefficient (Wildman–Crippen LogP) is 3.31. The highest BCUT2D eigenvalue weighted by Crippen LogP contribution is 2.19. The van der Waals surface area contributed by atoms with E-state index < -0.39 is 0 Å². The molecule has 2 aromatic rings. The van der Waals surface area contributed by atoms with Crippen LogP contribution in [0.15, 0.2) is 48.8 Å². The molecule has 0 radical (unpaired) electrons. The number of benzene rings is 1. The van der Waals surface area contributed by atoms with Crippen molar-refractivity contribution in [3.05, 3.63) is 54.4 Å². The van der Waals surface area contributed by atoms with Gasteiger partial charge in [-0.3, -0.25) is 4.98 Å². The summed E-state index contributed by atoms with van der Waals surface area (Å²) in [6, 6.07) is 12.6. The largest absolute Gasteiger partial charge is 0.316 e. The molecule has 0 aliphatic carbocycles. The van der Waals surface area contributed by atoms with E-state index in [0.29, 0.717) is 0 Å². The fourth-order valence-corrected chi connectivity index (χ4v) is 1.61. The van der Waals surface area contributed by atoms with Crippen molar-refractivity contribution in [2.75, 3.05) is 7.05 Å². The van der Waals surface area contributed by atoms with Gasteiger partial charge in [0.1, 0.15) is 0 Å². The van der Waals surface area contributed by atoms with Crippen molar-refractivity contribution in [3.63, 3.8) is 0 Å². The van der Waals surface area contributed by atoms with E-state index in [1.165, 1.54) is 16.7 Å². The van der Waals surface area contributed by atoms with Gasteiger partial charge in [0, 0.05) is 18.9 Å². The lowest BCUT2D eigenvalue weighted by molar-refractivity contribution is 0.818. The van der Waals surface area contributed by atoms with Crippen LogP contribution in [0.25, 0.3) is 11.1 Å². The first-order valence-corrected chi connectivity index (χ1v) is 5.04. The van der Waals surface area contributed by atoms with E-state index in [4.69, 9.17) is 0 Å². The molecule has 1 heterocycles. The predicted molar refractivity (Wildman–Crippen MR) is 76.9 cm³/mol. The fourth-order valence-electron chi connectivity index (χ4n) is 1.61. The van der Waals surface area contributed by atoms with Crippen molar-refractivity contribution in [1.82, 2.24) is 10.3 Å². The van der Waals surface area contributed by atoms with Gasteiger partial charge in [-0.05, 0) is 41.9 Å². The molecule has 1 N–H and O–H groups in total. The van der Waals surface area contributed by atoms with Crippen molar-refractivity contribution >= 4 is 24.8 Å². The Morgan fingerprint density at radius 3 is 2.35 bits per heavy atom. The number of nitrogens with one attached hydrogen (secondary N) is 1. The minimum Gasteiger partial charge on any atom is -0.316 e. The molecular weight excluding hydrogens is 255 g/mol. The Kier molecular flexibility index (Phi) is 7.55. The molecule has 0 atom stereocenters. The van der Waals surface area contributed by atoms with Crippen LogP contribution in [-0.4, -0.2) is 12.0 Å². The average molecular weight is 271 g/mol. The molecule has 1 aromatic carbocycles. The average Bonchev–Trinajstić information content (AvgIpc) is 2.31. The first-order chi connectivity index (χ1) is 7.40. The Hall–Kier alpha value is -1.09. The summed E-state index contributed by atoms with van der Waals surface area (Å²) in [4.78, 5) is 4.02. The van der Waals surface area contributed by atoms with Crippen molar-refractivity contribution in [3.8, 4) is 11.1 Å². The summed E-state index contributed by atoms with van der Waals surface area (Å²) < 4.78 is 0. The van der Waals surface area contributed by atoms with Crippen LogP contribution in [0.5, 0.6) is 0 Å². The van der Waals surface area contributed by atoms with Crippen LogP contribution in [0, 0.1) is 0 Å². The maximum Gasteiger partial charge on any atom is 0.0273 e. The van der Waals surface area contributed by atoms with E-state index in [-0.39, 0.29) is 24.8 Å². The number of hydrogen-bond donors (Lipinski definition) is 1. The van der Waals surface area contributed by atoms with Crippen LogP contribution >= 0.6 is 24.8 Å². The van der Waals surface area contributed by atoms with Crippen LogP contribution in [0.1, 0.15) is 5.56 Å². The maximum atomic E-state index is 4.02. The normalized spacial score (nSPS) is 9.00. The van der Waals surface area contributed by atoms with E-state index in [1.807, 2.05) is 31.6 Å². The molecule has 0 saturated carbocycles. The summed E-state index contributed by atoms with van der Waals surface area (Å²) in [6.07, 6.45) is 3.64. The second-order valence-corrected chi connectivity index (χ2v) is 3.47. The second kappa shape index (κ2) is 8.07. The maximum absolute atomic E-state index is 4.02. The van der Waals surface area contributed by atoms with Crippen molar-refractivity contribution < 1.29 is 0 Å². The molecule has 0 amide bonds. The van der Waals surface area contributed by atoms with Gasteiger partial charge in [-0.15, -0.1) is 24.8 Å². The van der Waals surface area contributed by atoms with Gasteiger partial charge in [-0.2, -0.15) is 0 Å². The summed E-state index contributed by atoms with van der Waals surface area (Å²) in [5.41, 5.74) is 3.75. The zero-order valence-corrected chi connectivity index (χ0v) is 11.2. The van der Waals surface area contributed by atoms with Crippen LogP contribution in [0.3, 0.4) is 0 Å². The highest BCUT2D eigenvalue weighted by atomic mass is 35.5. The van der Waals surface area contributed by atoms with E-state index in [0.717, 1.165) is 6.54 Å². The van der Waals surface area contributed by atoms with Gasteiger partial charge >= 0.3 is 0 Å². The van der Waals surface area contributed by atoms with Crippen molar-refractivity contribution in [2.45, 2.75) is 6.54 Å². The molecular formula is C13H16Cl2N2. The summed E-state index contributed by atoms with van der Waals surface area (Å²) >= 11 is 0. The van der Waals surface area contributed by atoms with Gasteiger partial charge in [0.2, 0.25) is 0 Å². The van der Waals surface area contributed by atoms with Crippen LogP contribution < -0.4 is 5.32 Å². The molecule has 17 heavy (non-hydrogen) atoms. The number of hydrogen-bond acceptors (Lipinski definition) is 2. The molecule has 0 bridgehead atoms. The third kappa shape index (κ3) is 4.35. The topological polar surface area (TPSA) is 24.9 Å². The Morgan fingerprint density at radius 2 is 1.71 bits per heavy atom. The van der Waals surface area contributed by atoms with Gasteiger partial charge in [0.25, 0.3) is 0 Å². The zero-order chi connectivity index (χ0) is 10.5. The van der Waals surface area contributed by atoms with Gasteiger partial charge in [0.15, 0.2) is 0 Å². The zero-order valence-electron chi connectivity index (χ0n) is 9.59. The number of nitrogens with zero attached hydrogens (tertiary/aromatic N) is 1. The van der Waals surface area contributed by atoms with E-state index >= 15 is 0 Å². The first kappa shape index (κ1) is 15.9. The van der Waals surface area contributed by atoms with E-state index in [9.17, 15) is 0 Å². The Bertz CT molecular complexity index is 432. The monoisotopic (exact) mass is 270 g/mol. The van der Waals surface area contributed by atoms with Gasteiger partial charge in [-0.25, -0.2) is 0 Å². The van der Waals surface area contributed by atoms with Crippen LogP contribution in [0.4, 0.5) is 0 Å². The second-order valence-electron chi connectivity index (χ2n) is 3.47. The SMILES string of the molecule is CNCc1cccc(-c2ccncc2)c1.Cl.Cl. The molecule has 0 saturated heterocycles. The highest BCUT2D eigenvalue weighted by molar-refractivity contribution is 5.85. The van der Waals surface area contributed by atoms with Gasteiger partial charge in [-0.1, -0.05) is 18.2 Å². The smallest absolute Gasteiger partial charge is 0.0273 e. The van der Waals surface area contributed by atoms with Crippen molar-refractivity contribution in [2.24, 2.45) is 0 Å². The van der Waals surface area contributed by atoms with Gasteiger partial charge < -0.3 is 5.32 Å². The molecule has 0 aliphatic rings. The molecule has 0 spiro atoms. The molecule has 2 rings (SSSR count). The molecule has 4 heteroatoms. The third-order valence-corrected chi connectivity index (χ3v) is 2.32. The van der Waals surface area contributed by atoms with Crippen molar-refractivity contribution in [1.29, 1.82) is 0 Å². The third-order valence-electron chi connectivity index (χ3n) is 2.32. The number of pyridine rings is 1. The number of halogens is 2.